The van der Waals surface area contributed by atoms with Crippen molar-refractivity contribution in [3.8, 4) is 11.8 Å². The molecule has 5 heteroatoms. The van der Waals surface area contributed by atoms with E-state index in [-0.39, 0.29) is 12.0 Å². The van der Waals surface area contributed by atoms with Crippen molar-refractivity contribution in [1.82, 2.24) is 0 Å². The number of nitriles is 1. The molecular formula is C19H28N2O3. The maximum Gasteiger partial charge on any atom is 0.256 e. The van der Waals surface area contributed by atoms with Crippen LogP contribution in [0.5, 0.6) is 5.75 Å². The number of nitrogens with zero attached hydrogens (tertiary/aromatic N) is 1. The van der Waals surface area contributed by atoms with E-state index in [4.69, 9.17) is 9.47 Å². The summed E-state index contributed by atoms with van der Waals surface area (Å²) in [7, 11) is 0. The van der Waals surface area contributed by atoms with Gasteiger partial charge in [-0.15, -0.1) is 0 Å². The van der Waals surface area contributed by atoms with E-state index in [1.54, 1.807) is 25.1 Å². The summed E-state index contributed by atoms with van der Waals surface area (Å²) in [5.41, 5.74) is -0.0530. The molecule has 0 fully saturated rings. The molecule has 5 nitrogen and oxygen atoms in total. The summed E-state index contributed by atoms with van der Waals surface area (Å²) in [5, 5.41) is 12.2. The lowest BCUT2D eigenvalue weighted by Crippen LogP contribution is -2.42. The Morgan fingerprint density at radius 3 is 2.62 bits per heavy atom. The Kier molecular flexibility index (Phi) is 7.73. The first-order valence-corrected chi connectivity index (χ1v) is 8.56. The monoisotopic (exact) mass is 332 g/mol. The van der Waals surface area contributed by atoms with Gasteiger partial charge in [-0.2, -0.15) is 5.26 Å². The Hall–Kier alpha value is -2.06. The molecule has 0 aliphatic heterocycles. The number of carbonyl (C=O) groups excluding carboxylic acids is 1. The van der Waals surface area contributed by atoms with E-state index in [2.05, 4.69) is 11.4 Å². The highest BCUT2D eigenvalue weighted by molar-refractivity contribution is 5.98. The van der Waals surface area contributed by atoms with Crippen LogP contribution in [0.1, 0.15) is 59.4 Å². The topological polar surface area (TPSA) is 71.3 Å². The number of carbonyl (C=O) groups is 1. The highest BCUT2D eigenvalue weighted by atomic mass is 16.5. The summed E-state index contributed by atoms with van der Waals surface area (Å²) in [6.07, 6.45) is 2.40. The van der Waals surface area contributed by atoms with Crippen molar-refractivity contribution in [3.05, 3.63) is 23.8 Å². The van der Waals surface area contributed by atoms with Gasteiger partial charge < -0.3 is 14.8 Å². The third kappa shape index (κ3) is 5.24. The first-order chi connectivity index (χ1) is 11.4. The lowest BCUT2D eigenvalue weighted by atomic mass is 9.98. The quantitative estimate of drug-likeness (QED) is 0.733. The van der Waals surface area contributed by atoms with Gasteiger partial charge >= 0.3 is 0 Å². The van der Waals surface area contributed by atoms with Gasteiger partial charge in [-0.05, 0) is 45.7 Å². The molecule has 0 aliphatic carbocycles. The Bertz CT molecular complexity index is 587. The second-order valence-electron chi connectivity index (χ2n) is 6.02. The average Bonchev–Trinajstić information content (AvgIpc) is 2.56. The molecule has 2 atom stereocenters. The Morgan fingerprint density at radius 1 is 1.38 bits per heavy atom. The van der Waals surface area contributed by atoms with Gasteiger partial charge in [-0.1, -0.05) is 20.3 Å². The van der Waals surface area contributed by atoms with Crippen LogP contribution in [0.2, 0.25) is 0 Å². The molecule has 0 unspecified atom stereocenters. The van der Waals surface area contributed by atoms with Crippen molar-refractivity contribution in [2.75, 3.05) is 11.9 Å². The van der Waals surface area contributed by atoms with Crippen LogP contribution < -0.4 is 10.1 Å². The number of amides is 1. The maximum absolute atomic E-state index is 12.6. The number of hydrogen-bond donors (Lipinski definition) is 1. The molecule has 24 heavy (non-hydrogen) atoms. The summed E-state index contributed by atoms with van der Waals surface area (Å²) in [6.45, 7) is 10.1. The first kappa shape index (κ1) is 20.0. The van der Waals surface area contributed by atoms with Crippen LogP contribution in [-0.2, 0) is 9.53 Å². The molecule has 0 aromatic heterocycles. The molecule has 0 bridgehead atoms. The third-order valence-electron chi connectivity index (χ3n) is 3.94. The molecule has 0 heterocycles. The number of benzene rings is 1. The van der Waals surface area contributed by atoms with E-state index >= 15 is 0 Å². The predicted octanol–water partition coefficient (Wildman–Crippen LogP) is 4.27. The molecule has 0 saturated carbocycles. The van der Waals surface area contributed by atoms with Crippen molar-refractivity contribution in [3.63, 3.8) is 0 Å². The van der Waals surface area contributed by atoms with E-state index in [0.29, 0.717) is 30.0 Å². The minimum atomic E-state index is -0.901. The van der Waals surface area contributed by atoms with Crippen LogP contribution in [0.15, 0.2) is 18.2 Å². The van der Waals surface area contributed by atoms with Crippen LogP contribution in [0, 0.1) is 11.3 Å². The van der Waals surface area contributed by atoms with Gasteiger partial charge in [-0.25, -0.2) is 0 Å². The fourth-order valence-electron chi connectivity index (χ4n) is 2.42. The zero-order valence-corrected chi connectivity index (χ0v) is 15.3. The van der Waals surface area contributed by atoms with E-state index in [9.17, 15) is 10.1 Å². The van der Waals surface area contributed by atoms with Gasteiger partial charge in [0.1, 0.15) is 17.4 Å². The van der Waals surface area contributed by atoms with E-state index in [0.717, 1.165) is 12.8 Å². The number of ether oxygens (including phenoxy) is 2. The molecule has 1 aromatic rings. The van der Waals surface area contributed by atoms with Crippen molar-refractivity contribution >= 4 is 11.6 Å². The van der Waals surface area contributed by atoms with Gasteiger partial charge in [0.15, 0.2) is 0 Å². The lowest BCUT2D eigenvalue weighted by molar-refractivity contribution is -0.139. The molecule has 0 spiro atoms. The summed E-state index contributed by atoms with van der Waals surface area (Å²) in [6, 6.07) is 7.23. The van der Waals surface area contributed by atoms with Crippen molar-refractivity contribution in [2.24, 2.45) is 0 Å². The lowest BCUT2D eigenvalue weighted by Gasteiger charge is -2.28. The second-order valence-corrected chi connectivity index (χ2v) is 6.02. The van der Waals surface area contributed by atoms with Crippen LogP contribution in [0.4, 0.5) is 5.69 Å². The Labute approximate surface area is 145 Å². The highest BCUT2D eigenvalue weighted by Crippen LogP contribution is 2.26. The Balaban J connectivity index is 2.97. The van der Waals surface area contributed by atoms with E-state index in [1.165, 1.54) is 0 Å². The maximum atomic E-state index is 12.6. The molecule has 1 rings (SSSR count). The van der Waals surface area contributed by atoms with Crippen molar-refractivity contribution < 1.29 is 14.3 Å². The minimum absolute atomic E-state index is 0.0720. The molecular weight excluding hydrogens is 304 g/mol. The summed E-state index contributed by atoms with van der Waals surface area (Å²) in [5.74, 6) is 0.387. The first-order valence-electron chi connectivity index (χ1n) is 8.56. The molecule has 0 radical (unpaired) electrons. The van der Waals surface area contributed by atoms with Crippen LogP contribution in [0.25, 0.3) is 0 Å². The van der Waals surface area contributed by atoms with Crippen LogP contribution in [-0.4, -0.2) is 24.2 Å². The van der Waals surface area contributed by atoms with Crippen molar-refractivity contribution in [1.29, 1.82) is 5.26 Å². The summed E-state index contributed by atoms with van der Waals surface area (Å²) >= 11 is 0. The summed E-state index contributed by atoms with van der Waals surface area (Å²) < 4.78 is 11.4. The van der Waals surface area contributed by atoms with Gasteiger partial charge in [-0.3, -0.25) is 4.79 Å². The van der Waals surface area contributed by atoms with E-state index < -0.39 is 5.60 Å². The van der Waals surface area contributed by atoms with Crippen molar-refractivity contribution in [2.45, 2.75) is 65.6 Å². The molecule has 1 N–H and O–H groups in total. The van der Waals surface area contributed by atoms with Gasteiger partial charge in [0.25, 0.3) is 5.91 Å². The second kappa shape index (κ2) is 9.29. The largest absolute Gasteiger partial charge is 0.491 e. The normalized spacial score (nSPS) is 14.3. The fraction of sp³-hybridized carbons (Fsp3) is 0.579. The van der Waals surface area contributed by atoms with Crippen LogP contribution >= 0.6 is 0 Å². The number of anilines is 1. The highest BCUT2D eigenvalue weighted by Gasteiger charge is 2.33. The molecule has 1 amide bonds. The molecule has 0 aliphatic rings. The minimum Gasteiger partial charge on any atom is -0.491 e. The van der Waals surface area contributed by atoms with E-state index in [1.807, 2.05) is 27.7 Å². The smallest absolute Gasteiger partial charge is 0.256 e. The standard InChI is InChI=1S/C19H28N2O3/c1-6-11-19(5,23-8-3)18(22)21-17-10-9-16(12-15(17)13-20)24-14(4)7-2/h9-10,12,14H,6-8,11H2,1-5H3,(H,21,22)/t14-,19+/m0/s1. The molecule has 0 saturated heterocycles. The third-order valence-corrected chi connectivity index (χ3v) is 3.94. The van der Waals surface area contributed by atoms with Gasteiger partial charge in [0.05, 0.1) is 17.4 Å². The zero-order chi connectivity index (χ0) is 18.2. The zero-order valence-electron chi connectivity index (χ0n) is 15.3. The van der Waals surface area contributed by atoms with Gasteiger partial charge in [0, 0.05) is 12.7 Å². The van der Waals surface area contributed by atoms with Crippen LogP contribution in [0.3, 0.4) is 0 Å². The molecule has 132 valence electrons. The Morgan fingerprint density at radius 2 is 2.08 bits per heavy atom. The SMILES string of the molecule is CCC[C@@](C)(OCC)C(=O)Nc1ccc(O[C@@H](C)CC)cc1C#N. The van der Waals surface area contributed by atoms with Gasteiger partial charge in [0.2, 0.25) is 0 Å². The number of rotatable bonds is 9. The number of nitrogens with one attached hydrogen (secondary N) is 1. The summed E-state index contributed by atoms with van der Waals surface area (Å²) in [4.78, 5) is 12.6. The molecule has 1 aromatic carbocycles. The average molecular weight is 332 g/mol. The fourth-order valence-corrected chi connectivity index (χ4v) is 2.42. The predicted molar refractivity (Wildman–Crippen MR) is 95.1 cm³/mol. The number of hydrogen-bond acceptors (Lipinski definition) is 4.